The zero-order chi connectivity index (χ0) is 11.5. The molecule has 0 N–H and O–H groups in total. The number of amides is 1. The molecule has 0 radical (unpaired) electrons. The molecule has 1 heterocycles. The number of piperidine rings is 1. The van der Waals surface area contributed by atoms with Crippen molar-refractivity contribution in [1.29, 1.82) is 5.26 Å². The van der Waals surface area contributed by atoms with E-state index >= 15 is 0 Å². The second-order valence-corrected chi connectivity index (χ2v) is 4.35. The fraction of sp³-hybridized carbons (Fsp3) is 0.818. The molecule has 15 heavy (non-hydrogen) atoms. The third kappa shape index (κ3) is 2.48. The van der Waals surface area contributed by atoms with Gasteiger partial charge < -0.3 is 9.64 Å². The van der Waals surface area contributed by atoms with Gasteiger partial charge in [-0.15, -0.1) is 0 Å². The average Bonchev–Trinajstić information content (AvgIpc) is 2.28. The second-order valence-electron chi connectivity index (χ2n) is 4.35. The van der Waals surface area contributed by atoms with Gasteiger partial charge in [-0.05, 0) is 33.1 Å². The highest BCUT2D eigenvalue weighted by Crippen LogP contribution is 2.21. The SMILES string of the molecule is COC(C)(C)C(=O)N1CCCCC1C#N. The lowest BCUT2D eigenvalue weighted by Gasteiger charge is -2.36. The van der Waals surface area contributed by atoms with Crippen LogP contribution in [0.25, 0.3) is 0 Å². The van der Waals surface area contributed by atoms with Crippen molar-refractivity contribution in [2.45, 2.75) is 44.8 Å². The highest BCUT2D eigenvalue weighted by molar-refractivity contribution is 5.85. The Morgan fingerprint density at radius 3 is 2.73 bits per heavy atom. The van der Waals surface area contributed by atoms with Gasteiger partial charge in [-0.1, -0.05) is 0 Å². The van der Waals surface area contributed by atoms with Gasteiger partial charge in [-0.2, -0.15) is 5.26 Å². The fourth-order valence-corrected chi connectivity index (χ4v) is 1.74. The number of hydrogen-bond acceptors (Lipinski definition) is 3. The van der Waals surface area contributed by atoms with Crippen molar-refractivity contribution in [2.24, 2.45) is 0 Å². The maximum absolute atomic E-state index is 12.1. The van der Waals surface area contributed by atoms with Crippen molar-refractivity contribution in [3.63, 3.8) is 0 Å². The second kappa shape index (κ2) is 4.63. The minimum Gasteiger partial charge on any atom is -0.369 e. The van der Waals surface area contributed by atoms with Crippen molar-refractivity contribution in [3.8, 4) is 6.07 Å². The van der Waals surface area contributed by atoms with E-state index in [-0.39, 0.29) is 11.9 Å². The molecule has 4 nitrogen and oxygen atoms in total. The number of likely N-dealkylation sites (tertiary alicyclic amines) is 1. The molecule has 0 aromatic carbocycles. The summed E-state index contributed by atoms with van der Waals surface area (Å²) in [6, 6.07) is 1.90. The predicted octanol–water partition coefficient (Wildman–Crippen LogP) is 1.32. The largest absolute Gasteiger partial charge is 0.369 e. The first-order chi connectivity index (χ1) is 7.03. The summed E-state index contributed by atoms with van der Waals surface area (Å²) >= 11 is 0. The normalized spacial score (nSPS) is 22.3. The first-order valence-corrected chi connectivity index (χ1v) is 5.29. The van der Waals surface area contributed by atoms with Gasteiger partial charge in [0.05, 0.1) is 6.07 Å². The maximum atomic E-state index is 12.1. The third-order valence-corrected chi connectivity index (χ3v) is 2.94. The van der Waals surface area contributed by atoms with Crippen molar-refractivity contribution < 1.29 is 9.53 Å². The molecule has 1 rings (SSSR count). The lowest BCUT2D eigenvalue weighted by molar-refractivity contribution is -0.153. The van der Waals surface area contributed by atoms with E-state index in [0.717, 1.165) is 19.3 Å². The van der Waals surface area contributed by atoms with Gasteiger partial charge in [0.15, 0.2) is 0 Å². The monoisotopic (exact) mass is 210 g/mol. The summed E-state index contributed by atoms with van der Waals surface area (Å²) in [5.74, 6) is -0.0868. The number of rotatable bonds is 2. The van der Waals surface area contributed by atoms with Crippen LogP contribution in [0, 0.1) is 11.3 Å². The summed E-state index contributed by atoms with van der Waals surface area (Å²) in [5, 5.41) is 8.96. The molecular weight excluding hydrogens is 192 g/mol. The number of carbonyl (C=O) groups excluding carboxylic acids is 1. The Hall–Kier alpha value is -1.08. The quantitative estimate of drug-likeness (QED) is 0.690. The smallest absolute Gasteiger partial charge is 0.255 e. The maximum Gasteiger partial charge on any atom is 0.255 e. The van der Waals surface area contributed by atoms with Crippen molar-refractivity contribution in [3.05, 3.63) is 0 Å². The summed E-state index contributed by atoms with van der Waals surface area (Å²) < 4.78 is 5.14. The molecule has 1 atom stereocenters. The zero-order valence-corrected chi connectivity index (χ0v) is 9.62. The fourth-order valence-electron chi connectivity index (χ4n) is 1.74. The Balaban J connectivity index is 2.77. The molecule has 84 valence electrons. The molecule has 1 unspecified atom stereocenters. The van der Waals surface area contributed by atoms with E-state index in [2.05, 4.69) is 6.07 Å². The Morgan fingerprint density at radius 1 is 1.53 bits per heavy atom. The van der Waals surface area contributed by atoms with E-state index in [0.29, 0.717) is 6.54 Å². The number of ether oxygens (including phenoxy) is 1. The summed E-state index contributed by atoms with van der Waals surface area (Å²) in [6.07, 6.45) is 2.78. The van der Waals surface area contributed by atoms with Crippen LogP contribution in [0.2, 0.25) is 0 Å². The van der Waals surface area contributed by atoms with Gasteiger partial charge in [0.25, 0.3) is 5.91 Å². The predicted molar refractivity (Wildman–Crippen MR) is 56.1 cm³/mol. The topological polar surface area (TPSA) is 53.3 Å². The van der Waals surface area contributed by atoms with Gasteiger partial charge in [0, 0.05) is 13.7 Å². The molecule has 4 heteroatoms. The van der Waals surface area contributed by atoms with Crippen LogP contribution in [0.3, 0.4) is 0 Å². The van der Waals surface area contributed by atoms with Crippen LogP contribution < -0.4 is 0 Å². The molecule has 0 aromatic heterocycles. The van der Waals surface area contributed by atoms with Crippen LogP contribution >= 0.6 is 0 Å². The summed E-state index contributed by atoms with van der Waals surface area (Å²) in [7, 11) is 1.52. The van der Waals surface area contributed by atoms with Crippen LogP contribution in [-0.4, -0.2) is 36.1 Å². The summed E-state index contributed by atoms with van der Waals surface area (Å²) in [5.41, 5.74) is -0.827. The van der Waals surface area contributed by atoms with Crippen molar-refractivity contribution >= 4 is 5.91 Å². The van der Waals surface area contributed by atoms with Crippen LogP contribution in [0.1, 0.15) is 33.1 Å². The number of carbonyl (C=O) groups is 1. The van der Waals surface area contributed by atoms with Crippen molar-refractivity contribution in [1.82, 2.24) is 4.90 Å². The third-order valence-electron chi connectivity index (χ3n) is 2.94. The highest BCUT2D eigenvalue weighted by atomic mass is 16.5. The Morgan fingerprint density at radius 2 is 2.20 bits per heavy atom. The minimum absolute atomic E-state index is 0.0868. The Labute approximate surface area is 90.8 Å². The molecule has 0 spiro atoms. The number of nitrogens with zero attached hydrogens (tertiary/aromatic N) is 2. The molecule has 0 aromatic rings. The summed E-state index contributed by atoms with van der Waals surface area (Å²) in [6.45, 7) is 4.14. The number of nitriles is 1. The first-order valence-electron chi connectivity index (χ1n) is 5.29. The highest BCUT2D eigenvalue weighted by Gasteiger charge is 2.36. The van der Waals surface area contributed by atoms with Gasteiger partial charge in [0.1, 0.15) is 11.6 Å². The van der Waals surface area contributed by atoms with Crippen LogP contribution in [0.5, 0.6) is 0 Å². The average molecular weight is 210 g/mol. The van der Waals surface area contributed by atoms with E-state index in [1.54, 1.807) is 18.7 Å². The molecule has 0 bridgehead atoms. The molecule has 1 amide bonds. The molecule has 1 aliphatic heterocycles. The number of methoxy groups -OCH3 is 1. The van der Waals surface area contributed by atoms with E-state index in [9.17, 15) is 4.79 Å². The van der Waals surface area contributed by atoms with E-state index in [4.69, 9.17) is 10.00 Å². The molecule has 0 saturated carbocycles. The van der Waals surface area contributed by atoms with Crippen LogP contribution in [0.15, 0.2) is 0 Å². The van der Waals surface area contributed by atoms with E-state index in [1.807, 2.05) is 0 Å². The Bertz CT molecular complexity index is 281. The Kier molecular flexibility index (Phi) is 3.70. The number of hydrogen-bond donors (Lipinski definition) is 0. The van der Waals surface area contributed by atoms with Gasteiger partial charge in [-0.25, -0.2) is 0 Å². The molecule has 1 fully saturated rings. The van der Waals surface area contributed by atoms with Gasteiger partial charge in [-0.3, -0.25) is 4.79 Å². The van der Waals surface area contributed by atoms with Crippen molar-refractivity contribution in [2.75, 3.05) is 13.7 Å². The molecular formula is C11H18N2O2. The molecule has 1 saturated heterocycles. The zero-order valence-electron chi connectivity index (χ0n) is 9.62. The lowest BCUT2D eigenvalue weighted by atomic mass is 9.99. The molecule has 1 aliphatic rings. The van der Waals surface area contributed by atoms with Crippen LogP contribution in [-0.2, 0) is 9.53 Å². The standard InChI is InChI=1S/C11H18N2O2/c1-11(2,15-3)10(14)13-7-5-4-6-9(13)8-12/h9H,4-7H2,1-3H3. The van der Waals surface area contributed by atoms with E-state index in [1.165, 1.54) is 7.11 Å². The van der Waals surface area contributed by atoms with Crippen LogP contribution in [0.4, 0.5) is 0 Å². The van der Waals surface area contributed by atoms with Gasteiger partial charge >= 0.3 is 0 Å². The minimum atomic E-state index is -0.827. The summed E-state index contributed by atoms with van der Waals surface area (Å²) in [4.78, 5) is 13.7. The molecule has 0 aliphatic carbocycles. The van der Waals surface area contributed by atoms with E-state index < -0.39 is 5.60 Å². The van der Waals surface area contributed by atoms with Gasteiger partial charge in [0.2, 0.25) is 0 Å². The lowest BCUT2D eigenvalue weighted by Crippen LogP contribution is -2.52. The first kappa shape index (κ1) is 12.0.